The van der Waals surface area contributed by atoms with Gasteiger partial charge in [0.2, 0.25) is 0 Å². The monoisotopic (exact) mass is 328 g/mol. The van der Waals surface area contributed by atoms with Gasteiger partial charge >= 0.3 is 15.2 Å². The third-order valence-corrected chi connectivity index (χ3v) is 6.10. The Morgan fingerprint density at radius 2 is 1.20 bits per heavy atom. The quantitative estimate of drug-likeness (QED) is 0.339. The molecule has 0 aromatic heterocycles. The van der Waals surface area contributed by atoms with Crippen LogP contribution in [0.2, 0.25) is 0 Å². The SMILES string of the molecule is CCCCCCCCCCC=C(P(=O)(O)O)P(=O)(O)O. The number of rotatable bonds is 11. The van der Waals surface area contributed by atoms with Crippen LogP contribution in [0.3, 0.4) is 0 Å². The molecule has 0 saturated carbocycles. The Balaban J connectivity index is 3.98. The Kier molecular flexibility index (Phi) is 9.90. The molecule has 0 aliphatic carbocycles. The highest BCUT2D eigenvalue weighted by atomic mass is 31.2. The summed E-state index contributed by atoms with van der Waals surface area (Å²) in [7, 11) is -9.75. The normalized spacial score (nSPS) is 12.4. The molecule has 0 radical (unpaired) electrons. The number of unbranched alkanes of at least 4 members (excludes halogenated alkanes) is 8. The summed E-state index contributed by atoms with van der Waals surface area (Å²) in [6.45, 7) is 2.16. The predicted molar refractivity (Wildman–Crippen MR) is 79.4 cm³/mol. The van der Waals surface area contributed by atoms with Gasteiger partial charge in [-0.25, -0.2) is 0 Å². The van der Waals surface area contributed by atoms with E-state index in [-0.39, 0.29) is 6.42 Å². The van der Waals surface area contributed by atoms with Gasteiger partial charge < -0.3 is 19.6 Å². The Hall–Kier alpha value is 0.0400. The van der Waals surface area contributed by atoms with E-state index in [1.54, 1.807) is 0 Å². The van der Waals surface area contributed by atoms with Gasteiger partial charge in [0.15, 0.2) is 0 Å². The molecule has 0 aromatic carbocycles. The van der Waals surface area contributed by atoms with Crippen molar-refractivity contribution in [3.8, 4) is 0 Å². The maximum absolute atomic E-state index is 11.0. The molecule has 0 amide bonds. The van der Waals surface area contributed by atoms with Crippen molar-refractivity contribution in [1.29, 1.82) is 0 Å². The summed E-state index contributed by atoms with van der Waals surface area (Å²) in [4.78, 5) is 35.5. The van der Waals surface area contributed by atoms with Gasteiger partial charge in [0.25, 0.3) is 0 Å². The highest BCUT2D eigenvalue weighted by Gasteiger charge is 2.35. The Bertz CT molecular complexity index is 357. The van der Waals surface area contributed by atoms with Crippen LogP contribution in [0.4, 0.5) is 0 Å². The molecule has 0 spiro atoms. The van der Waals surface area contributed by atoms with Crippen LogP contribution in [-0.2, 0) is 9.13 Å². The smallest absolute Gasteiger partial charge is 0.321 e. The molecule has 0 saturated heterocycles. The van der Waals surface area contributed by atoms with E-state index in [0.29, 0.717) is 6.42 Å². The molecule has 4 N–H and O–H groups in total. The Morgan fingerprint density at radius 1 is 0.800 bits per heavy atom. The Morgan fingerprint density at radius 3 is 1.60 bits per heavy atom. The molecule has 0 aromatic rings. The fourth-order valence-corrected chi connectivity index (χ4v) is 4.01. The largest absolute Gasteiger partial charge is 0.364 e. The van der Waals surface area contributed by atoms with Crippen LogP contribution < -0.4 is 0 Å². The van der Waals surface area contributed by atoms with Gasteiger partial charge in [-0.05, 0) is 12.8 Å². The average Bonchev–Trinajstić information content (AvgIpc) is 2.28. The maximum Gasteiger partial charge on any atom is 0.364 e. The lowest BCUT2D eigenvalue weighted by Crippen LogP contribution is -1.89. The zero-order chi connectivity index (χ0) is 15.6. The first-order valence-corrected chi connectivity index (χ1v) is 10.2. The van der Waals surface area contributed by atoms with Crippen LogP contribution in [0, 0.1) is 0 Å². The molecule has 0 unspecified atom stereocenters. The average molecular weight is 328 g/mol. The van der Waals surface area contributed by atoms with Crippen LogP contribution in [-0.4, -0.2) is 19.6 Å². The molecule has 6 nitrogen and oxygen atoms in total. The van der Waals surface area contributed by atoms with Crippen LogP contribution in [0.15, 0.2) is 11.1 Å². The third kappa shape index (κ3) is 9.87. The molecule has 0 fully saturated rings. The third-order valence-electron chi connectivity index (χ3n) is 2.98. The summed E-state index contributed by atoms with van der Waals surface area (Å²) in [5.41, 5.74) is 0. The van der Waals surface area contributed by atoms with Crippen LogP contribution in [0.25, 0.3) is 0 Å². The summed E-state index contributed by atoms with van der Waals surface area (Å²) in [6.07, 6.45) is 9.91. The maximum atomic E-state index is 11.0. The predicted octanol–water partition coefficient (Wildman–Crippen LogP) is 3.71. The lowest BCUT2D eigenvalue weighted by Gasteiger charge is -2.10. The summed E-state index contributed by atoms with van der Waals surface area (Å²) in [5, 5.41) is -1.05. The van der Waals surface area contributed by atoms with Gasteiger partial charge in [-0.15, -0.1) is 0 Å². The van der Waals surface area contributed by atoms with Gasteiger partial charge in [-0.1, -0.05) is 57.9 Å². The second-order valence-electron chi connectivity index (χ2n) is 4.91. The van der Waals surface area contributed by atoms with Crippen molar-refractivity contribution in [1.82, 2.24) is 0 Å². The van der Waals surface area contributed by atoms with Crippen molar-refractivity contribution in [2.24, 2.45) is 0 Å². The first-order chi connectivity index (χ1) is 9.19. The highest BCUT2D eigenvalue weighted by molar-refractivity contribution is 7.77. The fourth-order valence-electron chi connectivity index (χ4n) is 1.92. The van der Waals surface area contributed by atoms with E-state index in [9.17, 15) is 9.13 Å². The standard InChI is InChI=1S/C12H26O6P2/c1-2-3-4-5-6-7-8-9-10-11-12(19(13,14)15)20(16,17)18/h11H,2-10H2,1H3,(H2,13,14,15)(H2,16,17,18). The van der Waals surface area contributed by atoms with Gasteiger partial charge in [0, 0.05) is 0 Å². The topological polar surface area (TPSA) is 115 Å². The van der Waals surface area contributed by atoms with Crippen LogP contribution in [0.5, 0.6) is 0 Å². The van der Waals surface area contributed by atoms with E-state index in [4.69, 9.17) is 19.6 Å². The lowest BCUT2D eigenvalue weighted by molar-refractivity contribution is 0.367. The lowest BCUT2D eigenvalue weighted by atomic mass is 10.1. The number of hydrogen-bond donors (Lipinski definition) is 4. The molecular formula is C12H26O6P2. The second kappa shape index (κ2) is 9.88. The fraction of sp³-hybridized carbons (Fsp3) is 0.833. The Labute approximate surface area is 120 Å². The summed E-state index contributed by atoms with van der Waals surface area (Å²) < 4.78 is 22.0. The van der Waals surface area contributed by atoms with Crippen LogP contribution in [0.1, 0.15) is 64.7 Å². The highest BCUT2D eigenvalue weighted by Crippen LogP contribution is 2.63. The van der Waals surface area contributed by atoms with Gasteiger partial charge in [0.1, 0.15) is 5.06 Å². The first-order valence-electron chi connectivity index (χ1n) is 7.02. The van der Waals surface area contributed by atoms with E-state index in [1.165, 1.54) is 25.7 Å². The van der Waals surface area contributed by atoms with Gasteiger partial charge in [-0.2, -0.15) is 0 Å². The van der Waals surface area contributed by atoms with Crippen molar-refractivity contribution < 1.29 is 28.7 Å². The van der Waals surface area contributed by atoms with Crippen molar-refractivity contribution in [2.45, 2.75) is 64.7 Å². The zero-order valence-electron chi connectivity index (χ0n) is 11.9. The van der Waals surface area contributed by atoms with Gasteiger partial charge in [-0.3, -0.25) is 9.13 Å². The van der Waals surface area contributed by atoms with Crippen molar-refractivity contribution in [3.63, 3.8) is 0 Å². The van der Waals surface area contributed by atoms with E-state index >= 15 is 0 Å². The van der Waals surface area contributed by atoms with E-state index < -0.39 is 20.2 Å². The molecule has 0 rings (SSSR count). The molecular weight excluding hydrogens is 302 g/mol. The number of hydrogen-bond acceptors (Lipinski definition) is 2. The molecule has 8 heteroatoms. The molecule has 0 bridgehead atoms. The van der Waals surface area contributed by atoms with E-state index in [0.717, 1.165) is 25.3 Å². The minimum absolute atomic E-state index is 0.278. The van der Waals surface area contributed by atoms with Crippen molar-refractivity contribution >= 4 is 15.2 Å². The number of allylic oxidation sites excluding steroid dienone is 1. The summed E-state index contributed by atoms with van der Waals surface area (Å²) >= 11 is 0. The molecule has 20 heavy (non-hydrogen) atoms. The van der Waals surface area contributed by atoms with Crippen molar-refractivity contribution in [3.05, 3.63) is 11.1 Å². The van der Waals surface area contributed by atoms with E-state index in [1.807, 2.05) is 0 Å². The minimum atomic E-state index is -4.87. The molecule has 0 aliphatic rings. The van der Waals surface area contributed by atoms with E-state index in [2.05, 4.69) is 6.92 Å². The van der Waals surface area contributed by atoms with Crippen molar-refractivity contribution in [2.75, 3.05) is 0 Å². The second-order valence-corrected chi connectivity index (χ2v) is 8.41. The molecule has 0 atom stereocenters. The summed E-state index contributed by atoms with van der Waals surface area (Å²) in [5.74, 6) is 0. The molecule has 120 valence electrons. The minimum Gasteiger partial charge on any atom is -0.321 e. The van der Waals surface area contributed by atoms with Crippen LogP contribution >= 0.6 is 15.2 Å². The molecule has 0 aliphatic heterocycles. The first kappa shape index (κ1) is 20.0. The molecule has 0 heterocycles. The zero-order valence-corrected chi connectivity index (χ0v) is 13.7. The summed E-state index contributed by atoms with van der Waals surface area (Å²) in [6, 6.07) is 0. The van der Waals surface area contributed by atoms with Gasteiger partial charge in [0.05, 0.1) is 0 Å².